The Bertz CT molecular complexity index is 675. The zero-order valence-electron chi connectivity index (χ0n) is 14.1. The Morgan fingerprint density at radius 2 is 2.38 bits per heavy atom. The van der Waals surface area contributed by atoms with Gasteiger partial charge in [0.05, 0.1) is 24.1 Å². The number of likely N-dealkylation sites (tertiary alicyclic amines) is 1. The predicted molar refractivity (Wildman–Crippen MR) is 89.7 cm³/mol. The van der Waals surface area contributed by atoms with Crippen LogP contribution in [-0.4, -0.2) is 51.1 Å². The molecule has 2 aromatic heterocycles. The first-order valence-electron chi connectivity index (χ1n) is 8.62. The van der Waals surface area contributed by atoms with Gasteiger partial charge < -0.3 is 9.47 Å². The van der Waals surface area contributed by atoms with Crippen LogP contribution in [0.25, 0.3) is 0 Å². The fraction of sp³-hybridized carbons (Fsp3) is 0.556. The van der Waals surface area contributed by atoms with E-state index in [0.717, 1.165) is 50.3 Å². The Morgan fingerprint density at radius 3 is 3.17 bits per heavy atom. The van der Waals surface area contributed by atoms with Crippen molar-refractivity contribution < 1.29 is 9.47 Å². The molecule has 0 aromatic carbocycles. The number of piperidine rings is 1. The lowest BCUT2D eigenvalue weighted by atomic mass is 9.89. The van der Waals surface area contributed by atoms with E-state index in [1.54, 1.807) is 12.4 Å². The van der Waals surface area contributed by atoms with Crippen molar-refractivity contribution in [2.75, 3.05) is 19.7 Å². The maximum Gasteiger partial charge on any atom is 0.138 e. The van der Waals surface area contributed by atoms with E-state index >= 15 is 0 Å². The van der Waals surface area contributed by atoms with E-state index in [1.807, 2.05) is 30.1 Å². The first-order chi connectivity index (χ1) is 11.7. The highest BCUT2D eigenvalue weighted by Crippen LogP contribution is 2.36. The van der Waals surface area contributed by atoms with Gasteiger partial charge in [-0.2, -0.15) is 5.10 Å². The maximum absolute atomic E-state index is 6.23. The van der Waals surface area contributed by atoms with Crippen LogP contribution >= 0.6 is 0 Å². The molecule has 2 saturated heterocycles. The van der Waals surface area contributed by atoms with E-state index < -0.39 is 0 Å². The van der Waals surface area contributed by atoms with E-state index in [0.29, 0.717) is 6.61 Å². The van der Waals surface area contributed by atoms with E-state index in [9.17, 15) is 0 Å². The van der Waals surface area contributed by atoms with Gasteiger partial charge in [-0.25, -0.2) is 0 Å². The summed E-state index contributed by atoms with van der Waals surface area (Å²) in [4.78, 5) is 6.57. The zero-order chi connectivity index (χ0) is 16.4. The van der Waals surface area contributed by atoms with Crippen LogP contribution in [0.15, 0.2) is 36.8 Å². The highest BCUT2D eigenvalue weighted by molar-refractivity contribution is 5.16. The van der Waals surface area contributed by atoms with Gasteiger partial charge in [-0.1, -0.05) is 0 Å². The number of nitrogens with zero attached hydrogens (tertiary/aromatic N) is 4. The molecule has 24 heavy (non-hydrogen) atoms. The summed E-state index contributed by atoms with van der Waals surface area (Å²) in [5.41, 5.74) is 1.05. The first-order valence-corrected chi connectivity index (χ1v) is 8.62. The minimum atomic E-state index is -0.0695. The molecule has 0 amide bonds. The molecule has 0 unspecified atom stereocenters. The largest absolute Gasteiger partial charge is 0.486 e. The molecule has 2 atom stereocenters. The molecule has 1 spiro atoms. The second-order valence-electron chi connectivity index (χ2n) is 6.92. The molecule has 0 aliphatic carbocycles. The molecule has 2 aromatic rings. The van der Waals surface area contributed by atoms with Crippen LogP contribution in [-0.2, 0) is 18.3 Å². The van der Waals surface area contributed by atoms with E-state index in [-0.39, 0.29) is 11.7 Å². The normalized spacial score (nSPS) is 27.6. The summed E-state index contributed by atoms with van der Waals surface area (Å²) in [5.74, 6) is 0.823. The molecular formula is C18H24N4O2. The number of aryl methyl sites for hydroxylation is 1. The smallest absolute Gasteiger partial charge is 0.138 e. The molecule has 0 radical (unpaired) electrons. The van der Waals surface area contributed by atoms with Gasteiger partial charge in [0.2, 0.25) is 0 Å². The molecule has 0 bridgehead atoms. The van der Waals surface area contributed by atoms with Gasteiger partial charge in [0.15, 0.2) is 0 Å². The van der Waals surface area contributed by atoms with Crippen molar-refractivity contribution in [3.8, 4) is 5.75 Å². The summed E-state index contributed by atoms with van der Waals surface area (Å²) in [6, 6.07) is 5.94. The van der Waals surface area contributed by atoms with Gasteiger partial charge in [0.25, 0.3) is 0 Å². The molecule has 0 saturated carbocycles. The Kier molecular flexibility index (Phi) is 4.24. The number of hydrogen-bond donors (Lipinski definition) is 0. The van der Waals surface area contributed by atoms with Crippen molar-refractivity contribution in [3.63, 3.8) is 0 Å². The minimum Gasteiger partial charge on any atom is -0.486 e. The lowest BCUT2D eigenvalue weighted by Gasteiger charge is -2.39. The van der Waals surface area contributed by atoms with Crippen LogP contribution in [0.1, 0.15) is 25.0 Å². The van der Waals surface area contributed by atoms with Crippen LogP contribution < -0.4 is 4.74 Å². The SMILES string of the molecule is Cn1ccc(CN2CCC[C@]3(C[C@H](Oc4cccnc4)CO3)C2)n1. The average molecular weight is 328 g/mol. The molecule has 6 heteroatoms. The van der Waals surface area contributed by atoms with Gasteiger partial charge in [-0.05, 0) is 37.6 Å². The summed E-state index contributed by atoms with van der Waals surface area (Å²) in [5, 5.41) is 4.49. The standard InChI is InChI=1S/C18H24N4O2/c1-21-9-5-15(20-21)12-22-8-3-6-18(14-22)10-17(13-23-18)24-16-4-2-7-19-11-16/h2,4-5,7,9,11,17H,3,6,8,10,12-14H2,1H3/t17-,18-/m0/s1. The van der Waals surface area contributed by atoms with Crippen molar-refractivity contribution in [1.29, 1.82) is 0 Å². The third-order valence-corrected chi connectivity index (χ3v) is 4.89. The molecule has 0 N–H and O–H groups in total. The summed E-state index contributed by atoms with van der Waals surface area (Å²) >= 11 is 0. The monoisotopic (exact) mass is 328 g/mol. The van der Waals surface area contributed by atoms with Gasteiger partial charge in [0, 0.05) is 39.0 Å². The zero-order valence-corrected chi connectivity index (χ0v) is 14.1. The molecule has 2 aliphatic rings. The van der Waals surface area contributed by atoms with Crippen molar-refractivity contribution in [1.82, 2.24) is 19.7 Å². The third-order valence-electron chi connectivity index (χ3n) is 4.89. The summed E-state index contributed by atoms with van der Waals surface area (Å²) < 4.78 is 14.1. The highest BCUT2D eigenvalue weighted by Gasteiger charge is 2.44. The van der Waals surface area contributed by atoms with Crippen LogP contribution in [0.5, 0.6) is 5.75 Å². The fourth-order valence-corrected chi connectivity index (χ4v) is 3.87. The number of aromatic nitrogens is 3. The number of ether oxygens (including phenoxy) is 2. The van der Waals surface area contributed by atoms with E-state index in [4.69, 9.17) is 9.47 Å². The Balaban J connectivity index is 1.36. The molecular weight excluding hydrogens is 304 g/mol. The van der Waals surface area contributed by atoms with Crippen molar-refractivity contribution in [2.45, 2.75) is 37.5 Å². The predicted octanol–water partition coefficient (Wildman–Crippen LogP) is 2.02. The van der Waals surface area contributed by atoms with E-state index in [2.05, 4.69) is 21.0 Å². The third kappa shape index (κ3) is 3.44. The first kappa shape index (κ1) is 15.6. The Morgan fingerprint density at radius 1 is 1.42 bits per heavy atom. The van der Waals surface area contributed by atoms with Crippen LogP contribution in [0.2, 0.25) is 0 Å². The molecule has 128 valence electrons. The average Bonchev–Trinajstić information content (AvgIpc) is 3.15. The molecule has 2 fully saturated rings. The fourth-order valence-electron chi connectivity index (χ4n) is 3.87. The van der Waals surface area contributed by atoms with Gasteiger partial charge >= 0.3 is 0 Å². The minimum absolute atomic E-state index is 0.0695. The van der Waals surface area contributed by atoms with E-state index in [1.165, 1.54) is 0 Å². The van der Waals surface area contributed by atoms with Crippen LogP contribution in [0.3, 0.4) is 0 Å². The molecule has 4 heterocycles. The number of pyridine rings is 1. The number of hydrogen-bond acceptors (Lipinski definition) is 5. The van der Waals surface area contributed by atoms with Crippen LogP contribution in [0, 0.1) is 0 Å². The van der Waals surface area contributed by atoms with Crippen molar-refractivity contribution in [3.05, 3.63) is 42.5 Å². The van der Waals surface area contributed by atoms with Gasteiger partial charge in [-0.3, -0.25) is 14.6 Å². The lowest BCUT2D eigenvalue weighted by molar-refractivity contribution is -0.0540. The van der Waals surface area contributed by atoms with Gasteiger partial charge in [0.1, 0.15) is 11.9 Å². The number of rotatable bonds is 4. The Hall–Kier alpha value is -1.92. The molecule has 4 rings (SSSR count). The van der Waals surface area contributed by atoms with Crippen molar-refractivity contribution >= 4 is 0 Å². The topological polar surface area (TPSA) is 52.4 Å². The second-order valence-corrected chi connectivity index (χ2v) is 6.92. The summed E-state index contributed by atoms with van der Waals surface area (Å²) in [6.45, 7) is 3.61. The van der Waals surface area contributed by atoms with Crippen LogP contribution in [0.4, 0.5) is 0 Å². The highest BCUT2D eigenvalue weighted by atomic mass is 16.6. The molecule has 6 nitrogen and oxygen atoms in total. The molecule has 2 aliphatic heterocycles. The van der Waals surface area contributed by atoms with Crippen molar-refractivity contribution in [2.24, 2.45) is 7.05 Å². The maximum atomic E-state index is 6.23. The second kappa shape index (κ2) is 6.53. The van der Waals surface area contributed by atoms with Gasteiger partial charge in [-0.15, -0.1) is 0 Å². The Labute approximate surface area is 142 Å². The summed E-state index contributed by atoms with van der Waals surface area (Å²) in [7, 11) is 1.96. The quantitative estimate of drug-likeness (QED) is 0.859. The lowest BCUT2D eigenvalue weighted by Crippen LogP contribution is -2.47. The summed E-state index contributed by atoms with van der Waals surface area (Å²) in [6.07, 6.45) is 8.85.